The van der Waals surface area contributed by atoms with Crippen molar-refractivity contribution in [2.45, 2.75) is 52.2 Å². The Morgan fingerprint density at radius 2 is 2.15 bits per heavy atom. The molecule has 1 aromatic carbocycles. The van der Waals surface area contributed by atoms with Gasteiger partial charge in [-0.25, -0.2) is 9.98 Å². The molecule has 146 valence electrons. The van der Waals surface area contributed by atoms with E-state index in [1.807, 2.05) is 6.20 Å². The normalized spacial score (nSPS) is 18.4. The maximum absolute atomic E-state index is 4.76. The van der Waals surface area contributed by atoms with Crippen LogP contribution >= 0.6 is 11.3 Å². The number of aryl methyl sites for hydroxylation is 1. The van der Waals surface area contributed by atoms with Crippen LogP contribution in [0.2, 0.25) is 0 Å². The number of benzene rings is 1. The number of rotatable bonds is 7. The van der Waals surface area contributed by atoms with Gasteiger partial charge >= 0.3 is 0 Å². The van der Waals surface area contributed by atoms with E-state index in [1.165, 1.54) is 29.8 Å². The molecule has 2 heterocycles. The van der Waals surface area contributed by atoms with Crippen molar-refractivity contribution in [3.63, 3.8) is 0 Å². The molecule has 2 aromatic rings. The molecule has 0 radical (unpaired) electrons. The monoisotopic (exact) mass is 385 g/mol. The Kier molecular flexibility index (Phi) is 7.66. The number of nitrogens with one attached hydrogen (secondary N) is 2. The van der Waals surface area contributed by atoms with E-state index < -0.39 is 0 Å². The Bertz CT molecular complexity index is 712. The maximum Gasteiger partial charge on any atom is 0.191 e. The van der Waals surface area contributed by atoms with E-state index in [2.05, 4.69) is 64.7 Å². The summed E-state index contributed by atoms with van der Waals surface area (Å²) < 4.78 is 0. The van der Waals surface area contributed by atoms with Gasteiger partial charge in [0, 0.05) is 36.8 Å². The summed E-state index contributed by atoms with van der Waals surface area (Å²) in [6.07, 6.45) is 5.42. The van der Waals surface area contributed by atoms with Gasteiger partial charge in [0.05, 0.1) is 6.54 Å². The first-order valence-electron chi connectivity index (χ1n) is 10.0. The molecule has 1 aliphatic rings. The van der Waals surface area contributed by atoms with Gasteiger partial charge in [0.25, 0.3) is 0 Å². The Morgan fingerprint density at radius 1 is 1.30 bits per heavy atom. The number of piperidine rings is 1. The Balaban J connectivity index is 1.55. The van der Waals surface area contributed by atoms with Crippen LogP contribution in [0.25, 0.3) is 0 Å². The van der Waals surface area contributed by atoms with Gasteiger partial charge < -0.3 is 10.6 Å². The molecule has 0 saturated carbocycles. The minimum atomic E-state index is 0.433. The third-order valence-corrected chi connectivity index (χ3v) is 5.89. The number of hydrogen-bond donors (Lipinski definition) is 2. The highest BCUT2D eigenvalue weighted by molar-refractivity contribution is 7.11. The fourth-order valence-corrected chi connectivity index (χ4v) is 4.19. The summed E-state index contributed by atoms with van der Waals surface area (Å²) in [5.41, 5.74) is 1.38. The van der Waals surface area contributed by atoms with Gasteiger partial charge in [0.1, 0.15) is 5.01 Å². The summed E-state index contributed by atoms with van der Waals surface area (Å²) in [5.74, 6) is 0.900. The molecule has 2 N–H and O–H groups in total. The van der Waals surface area contributed by atoms with Gasteiger partial charge in [-0.3, -0.25) is 4.90 Å². The van der Waals surface area contributed by atoms with Crippen LogP contribution in [0.15, 0.2) is 41.5 Å². The highest BCUT2D eigenvalue weighted by atomic mass is 32.1. The topological polar surface area (TPSA) is 52.6 Å². The quantitative estimate of drug-likeness (QED) is 0.566. The van der Waals surface area contributed by atoms with Crippen molar-refractivity contribution in [3.05, 3.63) is 52.0 Å². The average Bonchev–Trinajstić information content (AvgIpc) is 3.16. The molecular weight excluding hydrogens is 354 g/mol. The van der Waals surface area contributed by atoms with Gasteiger partial charge in [-0.05, 0) is 38.3 Å². The van der Waals surface area contributed by atoms with E-state index in [4.69, 9.17) is 4.99 Å². The fourth-order valence-electron chi connectivity index (χ4n) is 3.40. The molecule has 1 saturated heterocycles. The van der Waals surface area contributed by atoms with E-state index in [0.717, 1.165) is 37.0 Å². The van der Waals surface area contributed by atoms with Crippen LogP contribution in [0.1, 0.15) is 42.1 Å². The molecule has 3 rings (SSSR count). The summed E-state index contributed by atoms with van der Waals surface area (Å²) in [5, 5.41) is 8.10. The SMILES string of the molecule is CCNC(=NCc1ncc(CC)s1)NC1CCCN(Cc2ccccc2)C1. The van der Waals surface area contributed by atoms with Crippen molar-refractivity contribution in [1.29, 1.82) is 0 Å². The highest BCUT2D eigenvalue weighted by Gasteiger charge is 2.20. The Hall–Kier alpha value is -1.92. The molecule has 1 unspecified atom stereocenters. The number of aromatic nitrogens is 1. The van der Waals surface area contributed by atoms with Gasteiger partial charge in [-0.2, -0.15) is 0 Å². The molecule has 1 aliphatic heterocycles. The predicted octanol–water partition coefficient (Wildman–Crippen LogP) is 3.43. The van der Waals surface area contributed by atoms with Crippen LogP contribution in [0, 0.1) is 0 Å². The molecule has 1 fully saturated rings. The van der Waals surface area contributed by atoms with Crippen LogP contribution in [0.3, 0.4) is 0 Å². The van der Waals surface area contributed by atoms with Crippen LogP contribution in [0.5, 0.6) is 0 Å². The van der Waals surface area contributed by atoms with E-state index >= 15 is 0 Å². The van der Waals surface area contributed by atoms with Crippen molar-refractivity contribution in [2.24, 2.45) is 4.99 Å². The lowest BCUT2D eigenvalue weighted by Gasteiger charge is -2.34. The summed E-state index contributed by atoms with van der Waals surface area (Å²) >= 11 is 1.76. The molecule has 1 aromatic heterocycles. The average molecular weight is 386 g/mol. The van der Waals surface area contributed by atoms with Crippen molar-refractivity contribution >= 4 is 17.3 Å². The maximum atomic E-state index is 4.76. The molecule has 0 aliphatic carbocycles. The smallest absolute Gasteiger partial charge is 0.191 e. The molecule has 0 bridgehead atoms. The standard InChI is InChI=1S/C21H31N5S/c1-3-19-13-23-20(27-19)14-24-21(22-4-2)25-18-11-8-12-26(16-18)15-17-9-6-5-7-10-17/h5-7,9-10,13,18H,3-4,8,11-12,14-16H2,1-2H3,(H2,22,24,25). The van der Waals surface area contributed by atoms with Gasteiger partial charge in [-0.1, -0.05) is 37.3 Å². The first-order valence-corrected chi connectivity index (χ1v) is 10.8. The minimum Gasteiger partial charge on any atom is -0.357 e. The number of hydrogen-bond acceptors (Lipinski definition) is 4. The van der Waals surface area contributed by atoms with Gasteiger partial charge in [0.15, 0.2) is 5.96 Å². The summed E-state index contributed by atoms with van der Waals surface area (Å²) in [6.45, 7) is 9.02. The van der Waals surface area contributed by atoms with Crippen molar-refractivity contribution in [2.75, 3.05) is 19.6 Å². The van der Waals surface area contributed by atoms with Crippen molar-refractivity contribution < 1.29 is 0 Å². The van der Waals surface area contributed by atoms with Gasteiger partial charge in [-0.15, -0.1) is 11.3 Å². The lowest BCUT2D eigenvalue weighted by Crippen LogP contribution is -2.50. The van der Waals surface area contributed by atoms with Crippen LogP contribution in [-0.2, 0) is 19.5 Å². The first-order chi connectivity index (χ1) is 13.3. The van der Waals surface area contributed by atoms with E-state index in [0.29, 0.717) is 12.6 Å². The van der Waals surface area contributed by atoms with E-state index in [9.17, 15) is 0 Å². The second-order valence-corrected chi connectivity index (χ2v) is 8.17. The summed E-state index contributed by atoms with van der Waals surface area (Å²) in [7, 11) is 0. The molecule has 5 nitrogen and oxygen atoms in total. The zero-order valence-corrected chi connectivity index (χ0v) is 17.3. The predicted molar refractivity (Wildman–Crippen MR) is 114 cm³/mol. The number of thiazole rings is 1. The van der Waals surface area contributed by atoms with Crippen LogP contribution in [0.4, 0.5) is 0 Å². The Labute approximate surface area is 166 Å². The first kappa shape index (κ1) is 19.8. The Morgan fingerprint density at radius 3 is 2.89 bits per heavy atom. The third-order valence-electron chi connectivity index (χ3n) is 4.76. The molecule has 27 heavy (non-hydrogen) atoms. The summed E-state index contributed by atoms with van der Waals surface area (Å²) in [6, 6.07) is 11.2. The van der Waals surface area contributed by atoms with Crippen molar-refractivity contribution in [3.8, 4) is 0 Å². The van der Waals surface area contributed by atoms with Gasteiger partial charge in [0.2, 0.25) is 0 Å². The number of likely N-dealkylation sites (tertiary alicyclic amines) is 1. The van der Waals surface area contributed by atoms with Crippen LogP contribution in [-0.4, -0.2) is 41.5 Å². The molecular formula is C21H31N5S. The number of nitrogens with zero attached hydrogens (tertiary/aromatic N) is 3. The lowest BCUT2D eigenvalue weighted by atomic mass is 10.0. The number of guanidine groups is 1. The molecule has 0 spiro atoms. The molecule has 0 amide bonds. The largest absolute Gasteiger partial charge is 0.357 e. The minimum absolute atomic E-state index is 0.433. The molecule has 6 heteroatoms. The van der Waals surface area contributed by atoms with Crippen molar-refractivity contribution in [1.82, 2.24) is 20.5 Å². The zero-order valence-electron chi connectivity index (χ0n) is 16.4. The lowest BCUT2D eigenvalue weighted by molar-refractivity contribution is 0.192. The fraction of sp³-hybridized carbons (Fsp3) is 0.524. The number of aliphatic imine (C=N–C) groups is 1. The van der Waals surface area contributed by atoms with E-state index in [-0.39, 0.29) is 0 Å². The summed E-state index contributed by atoms with van der Waals surface area (Å²) in [4.78, 5) is 13.1. The van der Waals surface area contributed by atoms with E-state index in [1.54, 1.807) is 11.3 Å². The third kappa shape index (κ3) is 6.33. The highest BCUT2D eigenvalue weighted by Crippen LogP contribution is 2.15. The van der Waals surface area contributed by atoms with Crippen LogP contribution < -0.4 is 10.6 Å². The second-order valence-electron chi connectivity index (χ2n) is 6.97. The second kappa shape index (κ2) is 10.4. The zero-order chi connectivity index (χ0) is 18.9. The molecule has 1 atom stereocenters.